The molecule has 3 rings (SSSR count). The highest BCUT2D eigenvalue weighted by molar-refractivity contribution is 6.08. The van der Waals surface area contributed by atoms with Gasteiger partial charge in [0.2, 0.25) is 0 Å². The van der Waals surface area contributed by atoms with Crippen molar-refractivity contribution in [2.45, 2.75) is 39.7 Å². The maximum atomic E-state index is 12.7. The van der Waals surface area contributed by atoms with Gasteiger partial charge < -0.3 is 14.2 Å². The molecule has 0 saturated carbocycles. The zero-order chi connectivity index (χ0) is 24.0. The molecule has 0 aromatic heterocycles. The van der Waals surface area contributed by atoms with Crippen molar-refractivity contribution in [3.8, 4) is 17.2 Å². The first-order valence-corrected chi connectivity index (χ1v) is 11.0. The Kier molecular flexibility index (Phi) is 7.59. The predicted octanol–water partition coefficient (Wildman–Crippen LogP) is 6.78. The Morgan fingerprint density at radius 3 is 2.30 bits per heavy atom. The number of allylic oxidation sites excluding steroid dienone is 1. The summed E-state index contributed by atoms with van der Waals surface area (Å²) in [5.41, 5.74) is 4.60. The lowest BCUT2D eigenvalue weighted by Gasteiger charge is -2.23. The lowest BCUT2D eigenvalue weighted by molar-refractivity contribution is 0.104. The molecule has 0 atom stereocenters. The van der Waals surface area contributed by atoms with Crippen molar-refractivity contribution in [1.29, 1.82) is 0 Å². The monoisotopic (exact) mass is 444 g/mol. The van der Waals surface area contributed by atoms with E-state index in [1.165, 1.54) is 0 Å². The van der Waals surface area contributed by atoms with Crippen LogP contribution >= 0.6 is 0 Å². The third kappa shape index (κ3) is 6.04. The van der Waals surface area contributed by atoms with Gasteiger partial charge in [-0.15, -0.1) is 0 Å². The zero-order valence-corrected chi connectivity index (χ0v) is 20.3. The van der Waals surface area contributed by atoms with Crippen LogP contribution < -0.4 is 14.2 Å². The van der Waals surface area contributed by atoms with Crippen LogP contribution in [-0.2, 0) is 12.0 Å². The molecule has 0 unspecified atom stereocenters. The summed E-state index contributed by atoms with van der Waals surface area (Å²) in [5.74, 6) is 2.06. The fraction of sp³-hybridized carbons (Fsp3) is 0.276. The molecule has 4 heteroatoms. The highest BCUT2D eigenvalue weighted by Crippen LogP contribution is 2.33. The standard InChI is InChI=1S/C29H32O4/c1-20-11-14-24(29(2,3)4)28(17-20)33-19-22-18-21(13-16-26(22)31-5)12-15-25(30)23-9-7-8-10-27(23)32-6/h7-18H,19H2,1-6H3/b15-12+. The Morgan fingerprint density at radius 2 is 1.61 bits per heavy atom. The molecule has 3 aromatic carbocycles. The predicted molar refractivity (Wildman–Crippen MR) is 134 cm³/mol. The van der Waals surface area contributed by atoms with Gasteiger partial charge in [-0.25, -0.2) is 0 Å². The zero-order valence-electron chi connectivity index (χ0n) is 20.3. The third-order valence-electron chi connectivity index (χ3n) is 5.43. The lowest BCUT2D eigenvalue weighted by Crippen LogP contribution is -2.13. The van der Waals surface area contributed by atoms with Gasteiger partial charge in [0.15, 0.2) is 5.78 Å². The Morgan fingerprint density at radius 1 is 0.879 bits per heavy atom. The number of carbonyl (C=O) groups is 1. The van der Waals surface area contributed by atoms with E-state index in [9.17, 15) is 4.79 Å². The van der Waals surface area contributed by atoms with Crippen molar-refractivity contribution in [1.82, 2.24) is 0 Å². The molecule has 0 heterocycles. The first-order chi connectivity index (χ1) is 15.7. The molecule has 0 aliphatic rings. The Hall–Kier alpha value is -3.53. The summed E-state index contributed by atoms with van der Waals surface area (Å²) < 4.78 is 17.1. The summed E-state index contributed by atoms with van der Waals surface area (Å²) in [4.78, 5) is 12.7. The number of hydrogen-bond donors (Lipinski definition) is 0. The van der Waals surface area contributed by atoms with Crippen LogP contribution in [-0.4, -0.2) is 20.0 Å². The van der Waals surface area contributed by atoms with Crippen molar-refractivity contribution < 1.29 is 19.0 Å². The van der Waals surface area contributed by atoms with Gasteiger partial charge in [-0.3, -0.25) is 4.79 Å². The van der Waals surface area contributed by atoms with Crippen LogP contribution in [0.4, 0.5) is 0 Å². The summed E-state index contributed by atoms with van der Waals surface area (Å²) in [5, 5.41) is 0. The molecule has 0 N–H and O–H groups in total. The number of aryl methyl sites for hydroxylation is 1. The first kappa shape index (κ1) is 24.1. The summed E-state index contributed by atoms with van der Waals surface area (Å²) in [6.07, 6.45) is 3.35. The van der Waals surface area contributed by atoms with E-state index in [1.807, 2.05) is 30.3 Å². The minimum atomic E-state index is -0.115. The maximum absolute atomic E-state index is 12.7. The third-order valence-corrected chi connectivity index (χ3v) is 5.43. The van der Waals surface area contributed by atoms with E-state index in [-0.39, 0.29) is 11.2 Å². The molecule has 0 aliphatic heterocycles. The summed E-state index contributed by atoms with van der Waals surface area (Å²) >= 11 is 0. The lowest BCUT2D eigenvalue weighted by atomic mass is 9.86. The van der Waals surface area contributed by atoms with Crippen LogP contribution in [0.15, 0.2) is 66.7 Å². The highest BCUT2D eigenvalue weighted by Gasteiger charge is 2.19. The minimum absolute atomic E-state index is 0.0312. The normalized spacial score (nSPS) is 11.5. The summed E-state index contributed by atoms with van der Waals surface area (Å²) in [6.45, 7) is 8.95. The number of para-hydroxylation sites is 1. The van der Waals surface area contributed by atoms with Gasteiger partial charge in [-0.05, 0) is 65.4 Å². The second-order valence-electron chi connectivity index (χ2n) is 9.01. The van der Waals surface area contributed by atoms with E-state index in [4.69, 9.17) is 14.2 Å². The molecule has 0 radical (unpaired) electrons. The molecule has 0 saturated heterocycles. The number of rotatable bonds is 8. The van der Waals surface area contributed by atoms with Gasteiger partial charge in [-0.1, -0.05) is 57.2 Å². The Bertz CT molecular complexity index is 1150. The molecular weight excluding hydrogens is 412 g/mol. The van der Waals surface area contributed by atoms with Gasteiger partial charge in [0.25, 0.3) is 0 Å². The highest BCUT2D eigenvalue weighted by atomic mass is 16.5. The molecule has 172 valence electrons. The molecule has 0 bridgehead atoms. The van der Waals surface area contributed by atoms with Crippen molar-refractivity contribution in [3.63, 3.8) is 0 Å². The minimum Gasteiger partial charge on any atom is -0.496 e. The Balaban J connectivity index is 1.83. The molecular formula is C29H32O4. The molecule has 0 aliphatic carbocycles. The second kappa shape index (κ2) is 10.4. The van der Waals surface area contributed by atoms with Crippen molar-refractivity contribution in [2.75, 3.05) is 14.2 Å². The molecule has 0 fully saturated rings. The SMILES string of the molecule is COc1ccc(/C=C/C(=O)c2ccccc2OC)cc1COc1cc(C)ccc1C(C)(C)C. The van der Waals surface area contributed by atoms with E-state index in [0.717, 1.165) is 33.8 Å². The number of carbonyl (C=O) groups excluding carboxylic acids is 1. The smallest absolute Gasteiger partial charge is 0.189 e. The van der Waals surface area contributed by atoms with E-state index in [0.29, 0.717) is 17.9 Å². The second-order valence-corrected chi connectivity index (χ2v) is 9.01. The van der Waals surface area contributed by atoms with Crippen molar-refractivity contribution in [2.24, 2.45) is 0 Å². The van der Waals surface area contributed by atoms with E-state index < -0.39 is 0 Å². The first-order valence-electron chi connectivity index (χ1n) is 11.0. The largest absolute Gasteiger partial charge is 0.496 e. The fourth-order valence-corrected chi connectivity index (χ4v) is 3.65. The van der Waals surface area contributed by atoms with Gasteiger partial charge in [-0.2, -0.15) is 0 Å². The number of ketones is 1. The quantitative estimate of drug-likeness (QED) is 0.284. The molecule has 3 aromatic rings. The van der Waals surface area contributed by atoms with Crippen molar-refractivity contribution in [3.05, 3.63) is 94.6 Å². The maximum Gasteiger partial charge on any atom is 0.189 e. The van der Waals surface area contributed by atoms with Crippen molar-refractivity contribution >= 4 is 11.9 Å². The molecule has 4 nitrogen and oxygen atoms in total. The fourth-order valence-electron chi connectivity index (χ4n) is 3.65. The van der Waals surface area contributed by atoms with Crippen LogP contribution in [0, 0.1) is 6.92 Å². The van der Waals surface area contributed by atoms with Gasteiger partial charge in [0.1, 0.15) is 23.9 Å². The van der Waals surface area contributed by atoms with Crippen LogP contribution in [0.1, 0.15) is 53.4 Å². The molecule has 0 amide bonds. The van der Waals surface area contributed by atoms with Crippen LogP contribution in [0.2, 0.25) is 0 Å². The topological polar surface area (TPSA) is 44.8 Å². The number of benzene rings is 3. The summed E-state index contributed by atoms with van der Waals surface area (Å²) in [7, 11) is 3.21. The number of methoxy groups -OCH3 is 2. The molecule has 33 heavy (non-hydrogen) atoms. The summed E-state index contributed by atoms with van der Waals surface area (Å²) in [6, 6.07) is 19.3. The van der Waals surface area contributed by atoms with E-state index in [1.54, 1.807) is 38.5 Å². The number of hydrogen-bond acceptors (Lipinski definition) is 4. The number of ether oxygens (including phenoxy) is 3. The van der Waals surface area contributed by atoms with Crippen LogP contribution in [0.3, 0.4) is 0 Å². The van der Waals surface area contributed by atoms with Gasteiger partial charge in [0.05, 0.1) is 19.8 Å². The van der Waals surface area contributed by atoms with Gasteiger partial charge >= 0.3 is 0 Å². The van der Waals surface area contributed by atoms with Crippen LogP contribution in [0.25, 0.3) is 6.08 Å². The average Bonchev–Trinajstić information content (AvgIpc) is 2.80. The van der Waals surface area contributed by atoms with Crippen LogP contribution in [0.5, 0.6) is 17.2 Å². The average molecular weight is 445 g/mol. The van der Waals surface area contributed by atoms with E-state index >= 15 is 0 Å². The van der Waals surface area contributed by atoms with E-state index in [2.05, 4.69) is 45.9 Å². The van der Waals surface area contributed by atoms with Gasteiger partial charge in [0, 0.05) is 5.56 Å². The Labute approximate surface area is 196 Å². The molecule has 0 spiro atoms.